The molecule has 1 saturated carbocycles. The van der Waals surface area contributed by atoms with Gasteiger partial charge in [0.1, 0.15) is 11.6 Å². The third-order valence-corrected chi connectivity index (χ3v) is 3.26. The molecule has 5 nitrogen and oxygen atoms in total. The van der Waals surface area contributed by atoms with Crippen LogP contribution in [0.2, 0.25) is 0 Å². The van der Waals surface area contributed by atoms with E-state index >= 15 is 0 Å². The number of carbonyl (C=O) groups excluding carboxylic acids is 2. The summed E-state index contributed by atoms with van der Waals surface area (Å²) in [7, 11) is 1.15. The molecule has 1 aliphatic rings. The van der Waals surface area contributed by atoms with E-state index in [-0.39, 0.29) is 18.8 Å². The molecule has 1 aliphatic carbocycles. The lowest BCUT2D eigenvalue weighted by molar-refractivity contribution is -0.143. The van der Waals surface area contributed by atoms with Gasteiger partial charge in [-0.15, -0.1) is 0 Å². The fraction of sp³-hybridized carbons (Fsp3) is 0.867. The van der Waals surface area contributed by atoms with E-state index in [1.165, 1.54) is 0 Å². The molecule has 0 aromatic heterocycles. The molecule has 7 heteroatoms. The zero-order valence-corrected chi connectivity index (χ0v) is 13.6. The predicted octanol–water partition coefficient (Wildman–Crippen LogP) is 3.27. The summed E-state index contributed by atoms with van der Waals surface area (Å²) < 4.78 is 37.1. The molecule has 128 valence electrons. The van der Waals surface area contributed by atoms with Gasteiger partial charge in [-0.25, -0.2) is 18.4 Å². The zero-order chi connectivity index (χ0) is 17.0. The summed E-state index contributed by atoms with van der Waals surface area (Å²) in [6.45, 7) is 5.01. The minimum atomic E-state index is -2.83. The molecular weight excluding hydrogens is 296 g/mol. The van der Waals surface area contributed by atoms with Gasteiger partial charge in [0.15, 0.2) is 0 Å². The van der Waals surface area contributed by atoms with Crippen molar-refractivity contribution in [2.45, 2.75) is 70.4 Å². The summed E-state index contributed by atoms with van der Waals surface area (Å²) in [5.74, 6) is -3.50. The Hall–Kier alpha value is -1.40. The van der Waals surface area contributed by atoms with Crippen LogP contribution >= 0.6 is 0 Å². The van der Waals surface area contributed by atoms with Crippen molar-refractivity contribution in [2.75, 3.05) is 7.11 Å². The SMILES string of the molecule is COC(=O)C(CCC(F)(F)CC1CC1)NC(=O)OC(C)(C)C. The number of rotatable bonds is 7. The first-order valence-corrected chi connectivity index (χ1v) is 7.47. The molecule has 1 atom stereocenters. The Kier molecular flexibility index (Phi) is 6.14. The van der Waals surface area contributed by atoms with Gasteiger partial charge in [-0.3, -0.25) is 0 Å². The van der Waals surface area contributed by atoms with E-state index in [4.69, 9.17) is 4.74 Å². The number of nitrogens with one attached hydrogen (secondary N) is 1. The van der Waals surface area contributed by atoms with Gasteiger partial charge in [-0.2, -0.15) is 0 Å². The molecule has 0 aromatic carbocycles. The first-order valence-electron chi connectivity index (χ1n) is 7.47. The number of methoxy groups -OCH3 is 1. The smallest absolute Gasteiger partial charge is 0.408 e. The highest BCUT2D eigenvalue weighted by atomic mass is 19.3. The Bertz CT molecular complexity index is 403. The Morgan fingerprint density at radius 2 is 1.86 bits per heavy atom. The standard InChI is InChI=1S/C15H25F2NO4/c1-14(2,3)22-13(20)18-11(12(19)21-4)7-8-15(16,17)9-10-5-6-10/h10-11H,5-9H2,1-4H3,(H,18,20). The second-order valence-electron chi connectivity index (χ2n) is 6.76. The maximum atomic E-state index is 13.8. The summed E-state index contributed by atoms with van der Waals surface area (Å²) in [6.07, 6.45) is 0.0320. The third-order valence-electron chi connectivity index (χ3n) is 3.26. The van der Waals surface area contributed by atoms with Crippen LogP contribution in [0.1, 0.15) is 52.9 Å². The van der Waals surface area contributed by atoms with Crippen molar-refractivity contribution in [1.82, 2.24) is 5.32 Å². The van der Waals surface area contributed by atoms with E-state index in [0.717, 1.165) is 20.0 Å². The Balaban J connectivity index is 2.52. The van der Waals surface area contributed by atoms with E-state index in [2.05, 4.69) is 10.1 Å². The molecular formula is C15H25F2NO4. The van der Waals surface area contributed by atoms with Gasteiger partial charge in [-0.1, -0.05) is 0 Å². The van der Waals surface area contributed by atoms with Crippen molar-refractivity contribution >= 4 is 12.1 Å². The number of esters is 1. The number of carbonyl (C=O) groups is 2. The summed E-state index contributed by atoms with van der Waals surface area (Å²) >= 11 is 0. The fourth-order valence-electron chi connectivity index (χ4n) is 2.04. The summed E-state index contributed by atoms with van der Waals surface area (Å²) in [4.78, 5) is 23.3. The molecule has 0 spiro atoms. The van der Waals surface area contributed by atoms with Crippen LogP contribution in [0.5, 0.6) is 0 Å². The van der Waals surface area contributed by atoms with Gasteiger partial charge in [-0.05, 0) is 46.0 Å². The normalized spacial score (nSPS) is 16.8. The van der Waals surface area contributed by atoms with Crippen molar-refractivity contribution in [3.8, 4) is 0 Å². The first-order chi connectivity index (χ1) is 10.0. The molecule has 1 amide bonds. The average Bonchev–Trinajstić information content (AvgIpc) is 3.14. The molecule has 0 radical (unpaired) electrons. The van der Waals surface area contributed by atoms with Crippen LogP contribution in [0.3, 0.4) is 0 Å². The van der Waals surface area contributed by atoms with Gasteiger partial charge < -0.3 is 14.8 Å². The summed E-state index contributed by atoms with van der Waals surface area (Å²) in [5, 5.41) is 2.30. The quantitative estimate of drug-likeness (QED) is 0.731. The Labute approximate surface area is 129 Å². The second kappa shape index (κ2) is 7.24. The van der Waals surface area contributed by atoms with Gasteiger partial charge in [0.2, 0.25) is 5.92 Å². The van der Waals surface area contributed by atoms with E-state index < -0.39 is 36.0 Å². The molecule has 0 bridgehead atoms. The van der Waals surface area contributed by atoms with Crippen molar-refractivity contribution in [2.24, 2.45) is 5.92 Å². The zero-order valence-electron chi connectivity index (χ0n) is 13.6. The maximum Gasteiger partial charge on any atom is 0.408 e. The Morgan fingerprint density at radius 1 is 1.27 bits per heavy atom. The van der Waals surface area contributed by atoms with Gasteiger partial charge in [0.25, 0.3) is 0 Å². The monoisotopic (exact) mass is 321 g/mol. The molecule has 0 aromatic rings. The number of amides is 1. The van der Waals surface area contributed by atoms with E-state index in [9.17, 15) is 18.4 Å². The van der Waals surface area contributed by atoms with E-state index in [1.807, 2.05) is 0 Å². The van der Waals surface area contributed by atoms with Crippen LogP contribution in [0.4, 0.5) is 13.6 Å². The first kappa shape index (κ1) is 18.6. The molecule has 22 heavy (non-hydrogen) atoms. The maximum absolute atomic E-state index is 13.8. The van der Waals surface area contributed by atoms with Crippen LogP contribution < -0.4 is 5.32 Å². The molecule has 1 N–H and O–H groups in total. The predicted molar refractivity (Wildman–Crippen MR) is 76.7 cm³/mol. The lowest BCUT2D eigenvalue weighted by Crippen LogP contribution is -2.44. The van der Waals surface area contributed by atoms with Crippen LogP contribution in [-0.2, 0) is 14.3 Å². The minimum absolute atomic E-state index is 0.0883. The van der Waals surface area contributed by atoms with E-state index in [1.54, 1.807) is 20.8 Å². The summed E-state index contributed by atoms with van der Waals surface area (Å²) in [5.41, 5.74) is -0.735. The molecule has 1 unspecified atom stereocenters. The van der Waals surface area contributed by atoms with Crippen molar-refractivity contribution in [1.29, 1.82) is 0 Å². The number of alkyl halides is 2. The molecule has 0 saturated heterocycles. The van der Waals surface area contributed by atoms with Crippen molar-refractivity contribution in [3.63, 3.8) is 0 Å². The highest BCUT2D eigenvalue weighted by Crippen LogP contribution is 2.40. The van der Waals surface area contributed by atoms with Gasteiger partial charge >= 0.3 is 12.1 Å². The molecule has 0 heterocycles. The minimum Gasteiger partial charge on any atom is -0.467 e. The van der Waals surface area contributed by atoms with Crippen LogP contribution in [-0.4, -0.2) is 36.7 Å². The largest absolute Gasteiger partial charge is 0.467 e. The van der Waals surface area contributed by atoms with Crippen LogP contribution in [0.25, 0.3) is 0 Å². The lowest BCUT2D eigenvalue weighted by Gasteiger charge is -2.24. The Morgan fingerprint density at radius 3 is 2.32 bits per heavy atom. The number of alkyl carbamates (subject to hydrolysis) is 1. The number of halogens is 2. The molecule has 0 aliphatic heterocycles. The molecule has 1 fully saturated rings. The summed E-state index contributed by atoms with van der Waals surface area (Å²) in [6, 6.07) is -1.13. The fourth-order valence-corrected chi connectivity index (χ4v) is 2.04. The highest BCUT2D eigenvalue weighted by Gasteiger charge is 2.38. The highest BCUT2D eigenvalue weighted by molar-refractivity contribution is 5.81. The number of hydrogen-bond acceptors (Lipinski definition) is 4. The van der Waals surface area contributed by atoms with Gasteiger partial charge in [0.05, 0.1) is 7.11 Å². The number of hydrogen-bond donors (Lipinski definition) is 1. The lowest BCUT2D eigenvalue weighted by atomic mass is 10.0. The van der Waals surface area contributed by atoms with Crippen molar-refractivity contribution in [3.05, 3.63) is 0 Å². The van der Waals surface area contributed by atoms with Gasteiger partial charge in [0, 0.05) is 12.8 Å². The topological polar surface area (TPSA) is 64.6 Å². The third kappa shape index (κ3) is 7.56. The second-order valence-corrected chi connectivity index (χ2v) is 6.76. The molecule has 1 rings (SSSR count). The average molecular weight is 321 g/mol. The van der Waals surface area contributed by atoms with Crippen LogP contribution in [0.15, 0.2) is 0 Å². The number of ether oxygens (including phenoxy) is 2. The van der Waals surface area contributed by atoms with Crippen molar-refractivity contribution < 1.29 is 27.8 Å². The van der Waals surface area contributed by atoms with E-state index in [0.29, 0.717) is 0 Å². The van der Waals surface area contributed by atoms with Crippen LogP contribution in [0, 0.1) is 5.92 Å².